The number of nitrogens with one attached hydrogen (secondary N) is 1. The fraction of sp³-hybridized carbons (Fsp3) is 0.419. The van der Waals surface area contributed by atoms with Crippen molar-refractivity contribution in [2.75, 3.05) is 23.3 Å². The molecule has 1 fully saturated rings. The number of carbonyl (C=O) groups is 2. The molecule has 1 unspecified atom stereocenters. The molecule has 0 bridgehead atoms. The molecule has 11 heteroatoms. The lowest BCUT2D eigenvalue weighted by atomic mass is 9.87. The normalized spacial score (nSPS) is 17.9. The summed E-state index contributed by atoms with van der Waals surface area (Å²) < 4.78 is 21.7. The van der Waals surface area contributed by atoms with Gasteiger partial charge in [0.1, 0.15) is 28.7 Å². The Balaban J connectivity index is 1.40. The maximum absolute atomic E-state index is 14.5. The molecule has 10 nitrogen and oxygen atoms in total. The highest BCUT2D eigenvalue weighted by Crippen LogP contribution is 2.44. The molecule has 0 spiro atoms. The summed E-state index contributed by atoms with van der Waals surface area (Å²) in [5.41, 5.74) is 0.881. The predicted octanol–water partition coefficient (Wildman–Crippen LogP) is 4.86. The van der Waals surface area contributed by atoms with Crippen LogP contribution >= 0.6 is 0 Å². The number of amides is 1. The second-order valence-corrected chi connectivity index (χ2v) is 12.5. The number of carbonyl (C=O) groups excluding carboxylic acids is 2. The van der Waals surface area contributed by atoms with Crippen LogP contribution in [0.4, 0.5) is 16.0 Å². The van der Waals surface area contributed by atoms with Gasteiger partial charge in [-0.25, -0.2) is 24.0 Å². The van der Waals surface area contributed by atoms with Crippen LogP contribution in [0.1, 0.15) is 58.6 Å². The van der Waals surface area contributed by atoms with Gasteiger partial charge in [-0.05, 0) is 65.2 Å². The van der Waals surface area contributed by atoms with Crippen LogP contribution in [0.2, 0.25) is 0 Å². The van der Waals surface area contributed by atoms with Crippen LogP contribution in [0.15, 0.2) is 42.6 Å². The molecule has 3 aromatic heterocycles. The minimum Gasteiger partial charge on any atom is -0.460 e. The number of hydrogen-bond donors (Lipinski definition) is 1. The van der Waals surface area contributed by atoms with E-state index in [-0.39, 0.29) is 30.2 Å². The Labute approximate surface area is 243 Å². The van der Waals surface area contributed by atoms with Crippen molar-refractivity contribution < 1.29 is 18.7 Å². The molecule has 4 aromatic rings. The number of fused-ring (bicyclic) bond motifs is 2. The van der Waals surface area contributed by atoms with E-state index in [1.807, 2.05) is 46.8 Å². The third-order valence-electron chi connectivity index (χ3n) is 7.77. The summed E-state index contributed by atoms with van der Waals surface area (Å²) in [6.07, 6.45) is 2.77. The molecule has 0 saturated carbocycles. The van der Waals surface area contributed by atoms with Gasteiger partial charge in [0.2, 0.25) is 5.91 Å². The molecule has 1 atom stereocenters. The number of rotatable bonds is 6. The molecule has 0 radical (unpaired) electrons. The van der Waals surface area contributed by atoms with Gasteiger partial charge in [0, 0.05) is 24.8 Å². The van der Waals surface area contributed by atoms with Crippen LogP contribution in [0, 0.1) is 11.7 Å². The van der Waals surface area contributed by atoms with Crippen LogP contribution in [0.3, 0.4) is 0 Å². The van der Waals surface area contributed by atoms with Crippen LogP contribution < -0.4 is 10.2 Å². The van der Waals surface area contributed by atoms with Crippen molar-refractivity contribution in [3.8, 4) is 11.5 Å². The van der Waals surface area contributed by atoms with Gasteiger partial charge in [-0.3, -0.25) is 9.59 Å². The van der Waals surface area contributed by atoms with Gasteiger partial charge in [0.25, 0.3) is 0 Å². The first kappa shape index (κ1) is 27.7. The topological polar surface area (TPSA) is 115 Å². The minimum atomic E-state index is -0.847. The summed E-state index contributed by atoms with van der Waals surface area (Å²) in [5.74, 6) is 0.808. The molecule has 1 amide bonds. The average Bonchev–Trinajstić information content (AvgIpc) is 3.59. The molecule has 1 saturated heterocycles. The molecular weight excluding hydrogens is 537 g/mol. The molecule has 2 aliphatic rings. The van der Waals surface area contributed by atoms with Crippen molar-refractivity contribution >= 4 is 34.5 Å². The predicted molar refractivity (Wildman–Crippen MR) is 156 cm³/mol. The number of aromatic nitrogens is 5. The lowest BCUT2D eigenvalue weighted by Gasteiger charge is -2.25. The van der Waals surface area contributed by atoms with Gasteiger partial charge in [-0.2, -0.15) is 5.10 Å². The van der Waals surface area contributed by atoms with Gasteiger partial charge in [-0.1, -0.05) is 18.2 Å². The SMILES string of the molecule is CC(C)(C)OC(=O)CC1CCN(c2nc(-c3nn(Cc4ccccc4F)c4ncccc34)nc3c2C(C)(C)C(=O)N3)C1. The van der Waals surface area contributed by atoms with E-state index in [1.54, 1.807) is 29.1 Å². The Morgan fingerprint density at radius 2 is 1.95 bits per heavy atom. The van der Waals surface area contributed by atoms with Gasteiger partial charge < -0.3 is 15.0 Å². The van der Waals surface area contributed by atoms with Crippen molar-refractivity contribution in [2.24, 2.45) is 5.92 Å². The van der Waals surface area contributed by atoms with Gasteiger partial charge in [0.05, 0.1) is 29.3 Å². The second kappa shape index (κ2) is 10.1. The third-order valence-corrected chi connectivity index (χ3v) is 7.77. The van der Waals surface area contributed by atoms with Crippen LogP contribution in [0.25, 0.3) is 22.6 Å². The summed E-state index contributed by atoms with van der Waals surface area (Å²) in [5, 5.41) is 8.46. The fourth-order valence-corrected chi connectivity index (χ4v) is 5.71. The largest absolute Gasteiger partial charge is 0.460 e. The fourth-order valence-electron chi connectivity index (χ4n) is 5.71. The molecular formula is C31H34FN7O3. The monoisotopic (exact) mass is 571 g/mol. The van der Waals surface area contributed by atoms with E-state index in [4.69, 9.17) is 19.8 Å². The Bertz CT molecular complexity index is 1710. The van der Waals surface area contributed by atoms with Gasteiger partial charge in [0.15, 0.2) is 11.5 Å². The first-order valence-electron chi connectivity index (χ1n) is 14.2. The summed E-state index contributed by atoms with van der Waals surface area (Å²) in [4.78, 5) is 42.0. The second-order valence-electron chi connectivity index (χ2n) is 12.5. The lowest BCUT2D eigenvalue weighted by molar-refractivity contribution is -0.155. The standard InChI is InChI=1S/C31H34FN7O3/c1-30(2,3)42-22(40)15-18-12-14-38(16-18)28-23-25(36-29(41)31(23,4)5)34-26(35-28)24-20-10-8-13-33-27(20)39(37-24)17-19-9-6-7-11-21(19)32/h6-11,13,18H,12,14-17H2,1-5H3,(H,34,35,36,41). The molecule has 1 N–H and O–H groups in total. The Morgan fingerprint density at radius 3 is 2.71 bits per heavy atom. The van der Waals surface area contributed by atoms with Gasteiger partial charge >= 0.3 is 5.97 Å². The molecule has 0 aliphatic carbocycles. The number of benzene rings is 1. The molecule has 1 aromatic carbocycles. The maximum atomic E-state index is 14.5. The highest BCUT2D eigenvalue weighted by atomic mass is 19.1. The Kier molecular flexibility index (Phi) is 6.70. The Morgan fingerprint density at radius 1 is 1.17 bits per heavy atom. The van der Waals surface area contributed by atoms with E-state index in [0.717, 1.165) is 12.0 Å². The summed E-state index contributed by atoms with van der Waals surface area (Å²) in [6.45, 7) is 10.7. The number of esters is 1. The average molecular weight is 572 g/mol. The molecule has 5 heterocycles. The number of hydrogen-bond acceptors (Lipinski definition) is 8. The van der Waals surface area contributed by atoms with E-state index in [1.165, 1.54) is 6.07 Å². The number of halogens is 1. The quantitative estimate of drug-likeness (QED) is 0.326. The van der Waals surface area contributed by atoms with E-state index in [2.05, 4.69) is 15.2 Å². The van der Waals surface area contributed by atoms with Crippen LogP contribution in [-0.2, 0) is 26.3 Å². The summed E-state index contributed by atoms with van der Waals surface area (Å²) >= 11 is 0. The third kappa shape index (κ3) is 5.08. The minimum absolute atomic E-state index is 0.0899. The first-order valence-corrected chi connectivity index (χ1v) is 14.2. The molecule has 42 heavy (non-hydrogen) atoms. The smallest absolute Gasteiger partial charge is 0.306 e. The van der Waals surface area contributed by atoms with Crippen LogP contribution in [0.5, 0.6) is 0 Å². The van der Waals surface area contributed by atoms with E-state index >= 15 is 0 Å². The number of pyridine rings is 1. The van der Waals surface area contributed by atoms with Crippen molar-refractivity contribution in [3.05, 3.63) is 59.5 Å². The van der Waals surface area contributed by atoms with Crippen molar-refractivity contribution in [1.29, 1.82) is 0 Å². The highest BCUT2D eigenvalue weighted by Gasteiger charge is 2.45. The van der Waals surface area contributed by atoms with E-state index in [9.17, 15) is 14.0 Å². The van der Waals surface area contributed by atoms with Gasteiger partial charge in [-0.15, -0.1) is 0 Å². The summed E-state index contributed by atoms with van der Waals surface area (Å²) in [6, 6.07) is 10.3. The zero-order valence-electron chi connectivity index (χ0n) is 24.4. The molecule has 218 valence electrons. The maximum Gasteiger partial charge on any atom is 0.306 e. The zero-order valence-corrected chi connectivity index (χ0v) is 24.4. The first-order chi connectivity index (χ1) is 19.9. The van der Waals surface area contributed by atoms with Crippen molar-refractivity contribution in [2.45, 2.75) is 65.0 Å². The van der Waals surface area contributed by atoms with Crippen LogP contribution in [-0.4, -0.2) is 55.3 Å². The Hall–Kier alpha value is -4.41. The van der Waals surface area contributed by atoms with Crippen molar-refractivity contribution in [3.63, 3.8) is 0 Å². The highest BCUT2D eigenvalue weighted by molar-refractivity contribution is 6.06. The molecule has 2 aliphatic heterocycles. The van der Waals surface area contributed by atoms with Crippen molar-refractivity contribution in [1.82, 2.24) is 24.7 Å². The lowest BCUT2D eigenvalue weighted by Crippen LogP contribution is -2.31. The number of nitrogens with zero attached hydrogens (tertiary/aromatic N) is 6. The number of ether oxygens (including phenoxy) is 1. The molecule has 6 rings (SSSR count). The summed E-state index contributed by atoms with van der Waals surface area (Å²) in [7, 11) is 0. The zero-order chi connectivity index (χ0) is 29.8. The van der Waals surface area contributed by atoms with E-state index < -0.39 is 11.0 Å². The van der Waals surface area contributed by atoms with E-state index in [0.29, 0.717) is 59.3 Å². The number of anilines is 2.